The smallest absolute Gasteiger partial charge is 0.343 e. The summed E-state index contributed by atoms with van der Waals surface area (Å²) in [7, 11) is 0. The fourth-order valence-electron chi connectivity index (χ4n) is 3.59. The van der Waals surface area contributed by atoms with Gasteiger partial charge in [-0.05, 0) is 25.5 Å². The Balaban J connectivity index is 1.60. The minimum absolute atomic E-state index is 0.124. The molecule has 1 saturated heterocycles. The van der Waals surface area contributed by atoms with Crippen molar-refractivity contribution in [3.63, 3.8) is 0 Å². The zero-order valence-corrected chi connectivity index (χ0v) is 15.7. The minimum atomic E-state index is -1.03. The van der Waals surface area contributed by atoms with Crippen LogP contribution in [0.25, 0.3) is 11.3 Å². The van der Waals surface area contributed by atoms with Crippen LogP contribution >= 0.6 is 0 Å². The Morgan fingerprint density at radius 1 is 1.07 bits per heavy atom. The van der Waals surface area contributed by atoms with E-state index in [1.807, 2.05) is 54.4 Å². The van der Waals surface area contributed by atoms with Crippen molar-refractivity contribution < 1.29 is 14.4 Å². The van der Waals surface area contributed by atoms with Gasteiger partial charge in [-0.3, -0.25) is 4.98 Å². The van der Waals surface area contributed by atoms with E-state index in [4.69, 9.17) is 4.52 Å². The molecule has 0 unspecified atom stereocenters. The maximum atomic E-state index is 12.0. The topological polar surface area (TPSA) is 82.7 Å². The predicted molar refractivity (Wildman–Crippen MR) is 107 cm³/mol. The minimum Gasteiger partial charge on any atom is -0.477 e. The fourth-order valence-corrected chi connectivity index (χ4v) is 3.59. The second kappa shape index (κ2) is 7.72. The summed E-state index contributed by atoms with van der Waals surface area (Å²) in [4.78, 5) is 20.5. The van der Waals surface area contributed by atoms with Crippen LogP contribution in [0, 0.1) is 6.92 Å². The van der Waals surface area contributed by atoms with Crippen LogP contribution in [-0.4, -0.2) is 47.4 Å². The van der Waals surface area contributed by atoms with E-state index in [2.05, 4.69) is 21.1 Å². The number of aryl methyl sites for hydroxylation is 1. The van der Waals surface area contributed by atoms with Gasteiger partial charge in [-0.1, -0.05) is 35.5 Å². The van der Waals surface area contributed by atoms with Crippen LogP contribution in [0.4, 0.5) is 11.5 Å². The van der Waals surface area contributed by atoms with Gasteiger partial charge >= 0.3 is 5.97 Å². The molecule has 1 N–H and O–H groups in total. The number of aromatic carboxylic acids is 1. The van der Waals surface area contributed by atoms with Gasteiger partial charge in [0.25, 0.3) is 0 Å². The van der Waals surface area contributed by atoms with Crippen molar-refractivity contribution >= 4 is 17.5 Å². The van der Waals surface area contributed by atoms with Crippen LogP contribution in [0.3, 0.4) is 0 Å². The van der Waals surface area contributed by atoms with Crippen LogP contribution in [0.15, 0.2) is 53.2 Å². The number of hydrogen-bond acceptors (Lipinski definition) is 6. The van der Waals surface area contributed by atoms with Crippen molar-refractivity contribution in [3.8, 4) is 11.3 Å². The van der Waals surface area contributed by atoms with E-state index in [1.54, 1.807) is 0 Å². The molecule has 1 aliphatic heterocycles. The fraction of sp³-hybridized carbons (Fsp3) is 0.286. The Kier molecular flexibility index (Phi) is 4.97. The molecule has 1 fully saturated rings. The largest absolute Gasteiger partial charge is 0.477 e. The second-order valence-corrected chi connectivity index (χ2v) is 6.86. The highest BCUT2D eigenvalue weighted by atomic mass is 16.5. The predicted octanol–water partition coefficient (Wildman–Crippen LogP) is 3.46. The third-order valence-corrected chi connectivity index (χ3v) is 4.96. The van der Waals surface area contributed by atoms with Gasteiger partial charge in [-0.2, -0.15) is 0 Å². The average Bonchev–Trinajstić information content (AvgIpc) is 3.00. The van der Waals surface area contributed by atoms with Crippen LogP contribution < -0.4 is 9.80 Å². The van der Waals surface area contributed by atoms with Crippen molar-refractivity contribution in [2.24, 2.45) is 0 Å². The third kappa shape index (κ3) is 3.55. The number of carboxylic acids is 1. The molecular weight excluding hydrogens is 356 g/mol. The number of carbonyl (C=O) groups is 1. The number of nitrogens with zero attached hydrogens (tertiary/aromatic N) is 4. The Hall–Kier alpha value is -3.35. The molecule has 7 heteroatoms. The maximum Gasteiger partial charge on any atom is 0.343 e. The van der Waals surface area contributed by atoms with Crippen molar-refractivity contribution in [2.75, 3.05) is 36.0 Å². The first-order valence-corrected chi connectivity index (χ1v) is 9.34. The van der Waals surface area contributed by atoms with E-state index >= 15 is 0 Å². The first-order chi connectivity index (χ1) is 13.6. The number of hydrogen-bond donors (Lipinski definition) is 1. The van der Waals surface area contributed by atoms with Gasteiger partial charge in [0.05, 0.1) is 0 Å². The number of rotatable bonds is 4. The molecule has 0 radical (unpaired) electrons. The Morgan fingerprint density at radius 3 is 2.57 bits per heavy atom. The first kappa shape index (κ1) is 18.0. The number of anilines is 2. The van der Waals surface area contributed by atoms with Gasteiger partial charge in [0.1, 0.15) is 0 Å². The van der Waals surface area contributed by atoms with E-state index in [1.165, 1.54) is 0 Å². The van der Waals surface area contributed by atoms with Gasteiger partial charge in [0.2, 0.25) is 0 Å². The normalized spacial score (nSPS) is 14.8. The molecule has 0 amide bonds. The van der Waals surface area contributed by atoms with Crippen molar-refractivity contribution in [2.45, 2.75) is 13.3 Å². The highest BCUT2D eigenvalue weighted by molar-refractivity contribution is 5.99. The molecule has 0 aliphatic carbocycles. The van der Waals surface area contributed by atoms with E-state index in [9.17, 15) is 9.90 Å². The summed E-state index contributed by atoms with van der Waals surface area (Å²) in [6, 6.07) is 13.3. The number of aromatic nitrogens is 2. The maximum absolute atomic E-state index is 12.0. The molecule has 0 spiro atoms. The molecule has 1 aromatic carbocycles. The van der Waals surface area contributed by atoms with Gasteiger partial charge in [0, 0.05) is 49.3 Å². The van der Waals surface area contributed by atoms with Crippen molar-refractivity contribution in [3.05, 3.63) is 59.9 Å². The van der Waals surface area contributed by atoms with E-state index in [0.29, 0.717) is 23.7 Å². The molecular formula is C21H22N4O3. The lowest BCUT2D eigenvalue weighted by Gasteiger charge is -2.23. The molecule has 4 rings (SSSR count). The lowest BCUT2D eigenvalue weighted by molar-refractivity contribution is 0.0698. The SMILES string of the molecule is Cc1cc(N2CCCN(c3noc(-c4ccccc4)c3C(=O)O)CC2)ccn1. The van der Waals surface area contributed by atoms with Gasteiger partial charge in [-0.15, -0.1) is 0 Å². The van der Waals surface area contributed by atoms with Crippen molar-refractivity contribution in [1.29, 1.82) is 0 Å². The molecule has 3 aromatic rings. The molecule has 28 heavy (non-hydrogen) atoms. The summed E-state index contributed by atoms with van der Waals surface area (Å²) in [6.07, 6.45) is 2.72. The zero-order chi connectivity index (χ0) is 19.5. The summed E-state index contributed by atoms with van der Waals surface area (Å²) in [6.45, 7) is 5.04. The zero-order valence-electron chi connectivity index (χ0n) is 15.7. The summed E-state index contributed by atoms with van der Waals surface area (Å²) in [5.41, 5.74) is 2.95. The van der Waals surface area contributed by atoms with E-state index in [-0.39, 0.29) is 5.56 Å². The highest BCUT2D eigenvalue weighted by Gasteiger charge is 2.28. The molecule has 144 valence electrons. The number of benzene rings is 1. The summed E-state index contributed by atoms with van der Waals surface area (Å²) < 4.78 is 5.47. The first-order valence-electron chi connectivity index (χ1n) is 9.34. The molecule has 1 aliphatic rings. The number of pyridine rings is 1. The summed E-state index contributed by atoms with van der Waals surface area (Å²) in [5, 5.41) is 13.9. The second-order valence-electron chi connectivity index (χ2n) is 6.86. The highest BCUT2D eigenvalue weighted by Crippen LogP contribution is 2.32. The summed E-state index contributed by atoms with van der Waals surface area (Å²) >= 11 is 0. The molecule has 0 bridgehead atoms. The lowest BCUT2D eigenvalue weighted by Crippen LogP contribution is -2.31. The number of carboxylic acid groups (broad SMARTS) is 1. The molecule has 0 atom stereocenters. The molecule has 7 nitrogen and oxygen atoms in total. The van der Waals surface area contributed by atoms with E-state index in [0.717, 1.165) is 37.4 Å². The Morgan fingerprint density at radius 2 is 1.82 bits per heavy atom. The monoisotopic (exact) mass is 378 g/mol. The van der Waals surface area contributed by atoms with Crippen LogP contribution in [-0.2, 0) is 0 Å². The quantitative estimate of drug-likeness (QED) is 0.744. The summed E-state index contributed by atoms with van der Waals surface area (Å²) in [5.74, 6) is -0.325. The van der Waals surface area contributed by atoms with Gasteiger partial charge < -0.3 is 19.4 Å². The Labute approximate surface area is 163 Å². The van der Waals surface area contributed by atoms with Gasteiger partial charge in [0.15, 0.2) is 17.1 Å². The van der Waals surface area contributed by atoms with Crippen molar-refractivity contribution in [1.82, 2.24) is 10.1 Å². The van der Waals surface area contributed by atoms with Crippen LogP contribution in [0.2, 0.25) is 0 Å². The standard InChI is InChI=1S/C21H22N4O3/c1-15-14-17(8-9-22-15)24-10-5-11-25(13-12-24)20-18(21(26)27)19(28-23-20)16-6-3-2-4-7-16/h2-4,6-9,14H,5,10-13H2,1H3,(H,26,27). The molecule has 2 aromatic heterocycles. The van der Waals surface area contributed by atoms with E-state index < -0.39 is 5.97 Å². The van der Waals surface area contributed by atoms with Gasteiger partial charge in [-0.25, -0.2) is 4.79 Å². The van der Waals surface area contributed by atoms with Crippen LogP contribution in [0.1, 0.15) is 22.5 Å². The molecule has 3 heterocycles. The lowest BCUT2D eigenvalue weighted by atomic mass is 10.1. The third-order valence-electron chi connectivity index (χ3n) is 4.96. The van der Waals surface area contributed by atoms with Crippen LogP contribution in [0.5, 0.6) is 0 Å². The Bertz CT molecular complexity index is 971. The average molecular weight is 378 g/mol. The molecule has 0 saturated carbocycles.